The second kappa shape index (κ2) is 9.47. The van der Waals surface area contributed by atoms with Crippen molar-refractivity contribution >= 4 is 11.8 Å². The minimum Gasteiger partial charge on any atom is -0.353 e. The van der Waals surface area contributed by atoms with E-state index in [1.807, 2.05) is 42.2 Å². The van der Waals surface area contributed by atoms with Crippen molar-refractivity contribution < 1.29 is 9.59 Å². The highest BCUT2D eigenvalue weighted by atomic mass is 16.2. The highest BCUT2D eigenvalue weighted by molar-refractivity contribution is 5.97. The van der Waals surface area contributed by atoms with Crippen LogP contribution in [0.1, 0.15) is 65.0 Å². The monoisotopic (exact) mass is 456 g/mol. The van der Waals surface area contributed by atoms with E-state index in [-0.39, 0.29) is 23.8 Å². The minimum atomic E-state index is -0.464. The Morgan fingerprint density at radius 3 is 2.18 bits per heavy atom. The van der Waals surface area contributed by atoms with Crippen molar-refractivity contribution in [1.82, 2.24) is 14.8 Å². The van der Waals surface area contributed by atoms with Gasteiger partial charge in [0.15, 0.2) is 0 Å². The molecule has 0 spiro atoms. The molecule has 1 unspecified atom stereocenters. The first-order valence-corrected chi connectivity index (χ1v) is 12.2. The van der Waals surface area contributed by atoms with Crippen molar-refractivity contribution in [2.24, 2.45) is 5.73 Å². The number of nitrogens with one attached hydrogen (secondary N) is 1. The Morgan fingerprint density at radius 1 is 0.912 bits per heavy atom. The number of carbonyl (C=O) groups excluding carboxylic acids is 2. The lowest BCUT2D eigenvalue weighted by molar-refractivity contribution is -0.134. The quantitative estimate of drug-likeness (QED) is 0.608. The van der Waals surface area contributed by atoms with Crippen LogP contribution in [0.5, 0.6) is 0 Å². The predicted molar refractivity (Wildman–Crippen MR) is 132 cm³/mol. The Labute approximate surface area is 200 Å². The molecule has 3 aromatic rings. The number of H-pyrrole nitrogens is 1. The molecule has 2 aliphatic rings. The third-order valence-electron chi connectivity index (χ3n) is 7.32. The van der Waals surface area contributed by atoms with Gasteiger partial charge in [0.2, 0.25) is 5.91 Å². The van der Waals surface area contributed by atoms with Crippen LogP contribution in [0.3, 0.4) is 0 Å². The van der Waals surface area contributed by atoms with Crippen LogP contribution in [0.15, 0.2) is 72.8 Å². The summed E-state index contributed by atoms with van der Waals surface area (Å²) in [6.07, 6.45) is 1.59. The number of aromatic amines is 1. The van der Waals surface area contributed by atoms with E-state index < -0.39 is 6.04 Å². The van der Waals surface area contributed by atoms with Gasteiger partial charge in [-0.3, -0.25) is 9.59 Å². The molecule has 0 aliphatic carbocycles. The third kappa shape index (κ3) is 4.38. The molecule has 176 valence electrons. The van der Waals surface area contributed by atoms with Gasteiger partial charge in [-0.2, -0.15) is 0 Å². The molecule has 3 heterocycles. The van der Waals surface area contributed by atoms with Crippen molar-refractivity contribution in [3.05, 3.63) is 95.3 Å². The summed E-state index contributed by atoms with van der Waals surface area (Å²) < 4.78 is 0. The van der Waals surface area contributed by atoms with Gasteiger partial charge >= 0.3 is 0 Å². The van der Waals surface area contributed by atoms with Crippen LogP contribution in [-0.2, 0) is 4.79 Å². The van der Waals surface area contributed by atoms with E-state index >= 15 is 0 Å². The second-order valence-electron chi connectivity index (χ2n) is 9.61. The Hall–Kier alpha value is -3.38. The molecule has 6 nitrogen and oxygen atoms in total. The maximum Gasteiger partial charge on any atom is 0.270 e. The maximum atomic E-state index is 13.8. The summed E-state index contributed by atoms with van der Waals surface area (Å²) in [4.78, 5) is 34.2. The zero-order valence-electron chi connectivity index (χ0n) is 19.6. The van der Waals surface area contributed by atoms with E-state index in [1.165, 1.54) is 11.1 Å². The molecule has 0 radical (unpaired) electrons. The summed E-state index contributed by atoms with van der Waals surface area (Å²) in [5.41, 5.74) is 9.73. The van der Waals surface area contributed by atoms with Gasteiger partial charge in [-0.1, -0.05) is 60.7 Å². The summed E-state index contributed by atoms with van der Waals surface area (Å²) in [6, 6.07) is 23.6. The van der Waals surface area contributed by atoms with Crippen LogP contribution >= 0.6 is 0 Å². The molecule has 2 fully saturated rings. The van der Waals surface area contributed by atoms with Crippen molar-refractivity contribution in [3.63, 3.8) is 0 Å². The lowest BCUT2D eigenvalue weighted by Crippen LogP contribution is -2.47. The normalized spacial score (nSPS) is 23.3. The smallest absolute Gasteiger partial charge is 0.270 e. The fourth-order valence-electron chi connectivity index (χ4n) is 5.39. The van der Waals surface area contributed by atoms with Gasteiger partial charge < -0.3 is 20.5 Å². The first kappa shape index (κ1) is 22.4. The number of nitrogens with zero attached hydrogens (tertiary/aromatic N) is 2. The van der Waals surface area contributed by atoms with Gasteiger partial charge in [0, 0.05) is 43.2 Å². The first-order valence-electron chi connectivity index (χ1n) is 12.2. The van der Waals surface area contributed by atoms with Crippen molar-refractivity contribution in [3.8, 4) is 0 Å². The molecule has 2 aliphatic heterocycles. The maximum absolute atomic E-state index is 13.8. The lowest BCUT2D eigenvalue weighted by Gasteiger charge is -2.27. The van der Waals surface area contributed by atoms with E-state index in [9.17, 15) is 9.59 Å². The van der Waals surface area contributed by atoms with Crippen LogP contribution in [0.2, 0.25) is 0 Å². The Balaban J connectivity index is 1.38. The molecule has 3 N–H and O–H groups in total. The first-order chi connectivity index (χ1) is 16.5. The number of amides is 2. The summed E-state index contributed by atoms with van der Waals surface area (Å²) >= 11 is 0. The van der Waals surface area contributed by atoms with Crippen molar-refractivity contribution in [2.75, 3.05) is 19.6 Å². The Kier molecular flexibility index (Phi) is 6.24. The number of carbonyl (C=O) groups is 2. The summed E-state index contributed by atoms with van der Waals surface area (Å²) in [7, 11) is 0. The van der Waals surface area contributed by atoms with Crippen LogP contribution < -0.4 is 5.73 Å². The summed E-state index contributed by atoms with van der Waals surface area (Å²) in [6.45, 7) is 3.84. The lowest BCUT2D eigenvalue weighted by atomic mass is 9.96. The Bertz CT molecular complexity index is 1140. The minimum absolute atomic E-state index is 0.0594. The molecule has 0 bridgehead atoms. The van der Waals surface area contributed by atoms with E-state index in [2.05, 4.69) is 41.4 Å². The van der Waals surface area contributed by atoms with E-state index in [0.717, 1.165) is 18.7 Å². The molecule has 6 heteroatoms. The molecular weight excluding hydrogens is 424 g/mol. The average molecular weight is 457 g/mol. The predicted octanol–water partition coefficient (Wildman–Crippen LogP) is 4.05. The number of hydrogen-bond donors (Lipinski definition) is 2. The number of likely N-dealkylation sites (tertiary alicyclic amines) is 2. The van der Waals surface area contributed by atoms with Gasteiger partial charge in [0.1, 0.15) is 11.7 Å². The van der Waals surface area contributed by atoms with Gasteiger partial charge in [-0.15, -0.1) is 0 Å². The zero-order chi connectivity index (χ0) is 23.7. The molecule has 2 aromatic carbocycles. The molecule has 1 aromatic heterocycles. The fourth-order valence-corrected chi connectivity index (χ4v) is 5.39. The van der Waals surface area contributed by atoms with Gasteiger partial charge in [0.25, 0.3) is 5.91 Å². The molecule has 2 amide bonds. The Morgan fingerprint density at radius 2 is 1.56 bits per heavy atom. The van der Waals surface area contributed by atoms with E-state index in [1.54, 1.807) is 11.0 Å². The number of hydrogen-bond acceptors (Lipinski definition) is 3. The molecule has 2 saturated heterocycles. The largest absolute Gasteiger partial charge is 0.353 e. The topological polar surface area (TPSA) is 82.4 Å². The van der Waals surface area contributed by atoms with Crippen molar-refractivity contribution in [1.29, 1.82) is 0 Å². The molecule has 0 saturated carbocycles. The standard InChI is InChI=1S/C28H32N4O2/c1-19(29)24-12-13-25(30-24)27(33)32-18-23(21-10-6-3-7-11-21)16-26(32)28(34)31-15-14-22(17-31)20-8-4-2-5-9-20/h2-13,19,22-23,26,30H,14-18,29H2,1H3/t19-,22?,23-,26-/m0/s1. The van der Waals surface area contributed by atoms with Crippen LogP contribution in [0.4, 0.5) is 0 Å². The zero-order valence-corrected chi connectivity index (χ0v) is 19.6. The van der Waals surface area contributed by atoms with Gasteiger partial charge in [0.05, 0.1) is 0 Å². The van der Waals surface area contributed by atoms with E-state index in [0.29, 0.717) is 31.1 Å². The number of rotatable bonds is 5. The summed E-state index contributed by atoms with van der Waals surface area (Å²) in [5, 5.41) is 0. The van der Waals surface area contributed by atoms with Crippen molar-refractivity contribution in [2.45, 2.75) is 43.7 Å². The molecule has 34 heavy (non-hydrogen) atoms. The second-order valence-corrected chi connectivity index (χ2v) is 9.61. The molecule has 5 rings (SSSR count). The van der Waals surface area contributed by atoms with Crippen LogP contribution in [-0.4, -0.2) is 52.3 Å². The van der Waals surface area contributed by atoms with E-state index in [4.69, 9.17) is 5.73 Å². The summed E-state index contributed by atoms with van der Waals surface area (Å²) in [5.74, 6) is 0.402. The van der Waals surface area contributed by atoms with Gasteiger partial charge in [-0.05, 0) is 43.0 Å². The fraction of sp³-hybridized carbons (Fsp3) is 0.357. The number of aromatic nitrogens is 1. The number of benzene rings is 2. The highest BCUT2D eigenvalue weighted by Crippen LogP contribution is 2.35. The highest BCUT2D eigenvalue weighted by Gasteiger charge is 2.43. The average Bonchev–Trinajstić information content (AvgIpc) is 3.64. The van der Waals surface area contributed by atoms with Crippen LogP contribution in [0.25, 0.3) is 0 Å². The van der Waals surface area contributed by atoms with Crippen LogP contribution in [0, 0.1) is 0 Å². The molecular formula is C28H32N4O2. The number of nitrogens with two attached hydrogens (primary N) is 1. The third-order valence-corrected chi connectivity index (χ3v) is 7.32. The van der Waals surface area contributed by atoms with Gasteiger partial charge in [-0.25, -0.2) is 0 Å². The molecule has 4 atom stereocenters. The SMILES string of the molecule is C[C@H](N)c1ccc(C(=O)N2C[C@@H](c3ccccc3)C[C@H]2C(=O)N2CCC(c3ccccc3)C2)[nH]1.